The molecule has 0 aromatic heterocycles. The highest BCUT2D eigenvalue weighted by Crippen LogP contribution is 2.10. The van der Waals surface area contributed by atoms with Crippen LogP contribution in [0.1, 0.15) is 40.5 Å². The van der Waals surface area contributed by atoms with E-state index >= 15 is 0 Å². The minimum atomic E-state index is -0.388. The average Bonchev–Trinajstić information content (AvgIpc) is 2.23. The van der Waals surface area contributed by atoms with E-state index in [0.717, 1.165) is 19.5 Å². The Morgan fingerprint density at radius 2 is 2.00 bits per heavy atom. The predicted molar refractivity (Wildman–Crippen MR) is 64.7 cm³/mol. The molecule has 1 N–H and O–H groups in total. The van der Waals surface area contributed by atoms with Crippen molar-refractivity contribution in [2.75, 3.05) is 20.1 Å². The number of hydrogen-bond donors (Lipinski definition) is 1. The Hall–Kier alpha value is -0.590. The first-order valence-electron chi connectivity index (χ1n) is 5.83. The summed E-state index contributed by atoms with van der Waals surface area (Å²) >= 11 is 0. The van der Waals surface area contributed by atoms with E-state index < -0.39 is 0 Å². The van der Waals surface area contributed by atoms with Gasteiger partial charge in [-0.15, -0.1) is 0 Å². The summed E-state index contributed by atoms with van der Waals surface area (Å²) in [7, 11) is 1.85. The molecule has 1 atom stereocenters. The molecule has 0 aliphatic carbocycles. The number of nitrogens with zero attached hydrogens (tertiary/aromatic N) is 2. The fraction of sp³-hybridized carbons (Fsp3) is 0.917. The zero-order valence-electron chi connectivity index (χ0n) is 10.8. The Morgan fingerprint density at radius 3 is 2.33 bits per heavy atom. The molecule has 0 aliphatic rings. The van der Waals surface area contributed by atoms with Crippen LogP contribution in [0.2, 0.25) is 0 Å². The molecule has 0 aromatic rings. The quantitative estimate of drug-likeness (QED) is 0.700. The van der Waals surface area contributed by atoms with Crippen molar-refractivity contribution in [3.8, 4) is 6.07 Å². The maximum absolute atomic E-state index is 9.04. The smallest absolute Gasteiger partial charge is 0.104 e. The number of rotatable bonds is 7. The van der Waals surface area contributed by atoms with Gasteiger partial charge in [0.15, 0.2) is 0 Å². The lowest BCUT2D eigenvalue weighted by Crippen LogP contribution is -2.43. The molecule has 0 bridgehead atoms. The van der Waals surface area contributed by atoms with Gasteiger partial charge in [0.2, 0.25) is 0 Å². The molecule has 3 heteroatoms. The third-order valence-corrected chi connectivity index (χ3v) is 2.94. The molecule has 0 spiro atoms. The van der Waals surface area contributed by atoms with Crippen molar-refractivity contribution < 1.29 is 0 Å². The number of nitrogens with one attached hydrogen (secondary N) is 1. The number of hydrogen-bond acceptors (Lipinski definition) is 3. The van der Waals surface area contributed by atoms with Crippen molar-refractivity contribution >= 4 is 0 Å². The van der Waals surface area contributed by atoms with Gasteiger partial charge in [-0.1, -0.05) is 6.92 Å². The Bertz CT molecular complexity index is 207. The van der Waals surface area contributed by atoms with Crippen molar-refractivity contribution in [2.24, 2.45) is 0 Å². The molecule has 0 radical (unpaired) electrons. The molecular formula is C12H25N3. The SMILES string of the molecule is CCCN(CCC(C)(C#N)NC)C(C)C. The van der Waals surface area contributed by atoms with Gasteiger partial charge >= 0.3 is 0 Å². The van der Waals surface area contributed by atoms with Gasteiger partial charge in [-0.2, -0.15) is 5.26 Å². The lowest BCUT2D eigenvalue weighted by molar-refractivity contribution is 0.204. The van der Waals surface area contributed by atoms with Gasteiger partial charge in [0.1, 0.15) is 5.54 Å². The van der Waals surface area contributed by atoms with Crippen LogP contribution < -0.4 is 5.32 Å². The zero-order valence-corrected chi connectivity index (χ0v) is 10.8. The van der Waals surface area contributed by atoms with Gasteiger partial charge in [0.05, 0.1) is 6.07 Å². The summed E-state index contributed by atoms with van der Waals surface area (Å²) in [5, 5.41) is 12.1. The second-order valence-electron chi connectivity index (χ2n) is 4.57. The van der Waals surface area contributed by atoms with Crippen molar-refractivity contribution in [3.63, 3.8) is 0 Å². The Balaban J connectivity index is 4.15. The van der Waals surface area contributed by atoms with Crippen LogP contribution in [0.5, 0.6) is 0 Å². The highest BCUT2D eigenvalue weighted by molar-refractivity contribution is 5.03. The summed E-state index contributed by atoms with van der Waals surface area (Å²) in [5.74, 6) is 0. The third kappa shape index (κ3) is 5.15. The van der Waals surface area contributed by atoms with Crippen LogP contribution in [0, 0.1) is 11.3 Å². The second-order valence-corrected chi connectivity index (χ2v) is 4.57. The molecule has 3 nitrogen and oxygen atoms in total. The van der Waals surface area contributed by atoms with Crippen LogP contribution in [0.15, 0.2) is 0 Å². The van der Waals surface area contributed by atoms with Crippen LogP contribution in [0.4, 0.5) is 0 Å². The first kappa shape index (κ1) is 14.4. The van der Waals surface area contributed by atoms with Crippen LogP contribution >= 0.6 is 0 Å². The van der Waals surface area contributed by atoms with Crippen molar-refractivity contribution in [2.45, 2.75) is 52.1 Å². The molecule has 15 heavy (non-hydrogen) atoms. The molecule has 88 valence electrons. The van der Waals surface area contributed by atoms with Crippen molar-refractivity contribution in [1.29, 1.82) is 5.26 Å². The molecule has 0 heterocycles. The normalized spacial score (nSPS) is 15.3. The summed E-state index contributed by atoms with van der Waals surface area (Å²) in [6.45, 7) is 10.7. The topological polar surface area (TPSA) is 39.1 Å². The first-order chi connectivity index (χ1) is 6.99. The van der Waals surface area contributed by atoms with E-state index in [1.54, 1.807) is 0 Å². The van der Waals surface area contributed by atoms with E-state index in [2.05, 4.69) is 37.1 Å². The monoisotopic (exact) mass is 211 g/mol. The molecule has 1 unspecified atom stereocenters. The molecule has 0 amide bonds. The fourth-order valence-electron chi connectivity index (χ4n) is 1.52. The summed E-state index contributed by atoms with van der Waals surface area (Å²) in [6, 6.07) is 2.89. The lowest BCUT2D eigenvalue weighted by atomic mass is 9.99. The van der Waals surface area contributed by atoms with Gasteiger partial charge in [-0.25, -0.2) is 0 Å². The van der Waals surface area contributed by atoms with E-state index in [9.17, 15) is 0 Å². The van der Waals surface area contributed by atoms with Crippen LogP contribution in [0.25, 0.3) is 0 Å². The molecule has 0 rings (SSSR count). The van der Waals surface area contributed by atoms with E-state index in [1.165, 1.54) is 6.42 Å². The predicted octanol–water partition coefficient (Wildman–Crippen LogP) is 2.00. The Kier molecular flexibility index (Phi) is 6.55. The molecule has 0 aliphatic heterocycles. The van der Waals surface area contributed by atoms with Gasteiger partial charge in [0.25, 0.3) is 0 Å². The van der Waals surface area contributed by atoms with E-state index in [1.807, 2.05) is 14.0 Å². The third-order valence-electron chi connectivity index (χ3n) is 2.94. The summed E-state index contributed by atoms with van der Waals surface area (Å²) < 4.78 is 0. The second kappa shape index (κ2) is 6.81. The average molecular weight is 211 g/mol. The van der Waals surface area contributed by atoms with Gasteiger partial charge in [-0.3, -0.25) is 0 Å². The maximum Gasteiger partial charge on any atom is 0.104 e. The molecule has 0 saturated carbocycles. The summed E-state index contributed by atoms with van der Waals surface area (Å²) in [5.41, 5.74) is -0.388. The van der Waals surface area contributed by atoms with Crippen molar-refractivity contribution in [3.05, 3.63) is 0 Å². The molecule has 0 aromatic carbocycles. The molecule has 0 saturated heterocycles. The van der Waals surface area contributed by atoms with Gasteiger partial charge in [-0.05, 0) is 47.2 Å². The largest absolute Gasteiger partial charge is 0.303 e. The van der Waals surface area contributed by atoms with Crippen molar-refractivity contribution in [1.82, 2.24) is 10.2 Å². The zero-order chi connectivity index (χ0) is 11.9. The minimum absolute atomic E-state index is 0.388. The highest BCUT2D eigenvalue weighted by atomic mass is 15.1. The van der Waals surface area contributed by atoms with Crippen LogP contribution in [-0.4, -0.2) is 36.6 Å². The van der Waals surface area contributed by atoms with Gasteiger partial charge in [0, 0.05) is 12.6 Å². The standard InChI is InChI=1S/C12H25N3/c1-6-8-15(11(2)3)9-7-12(4,10-13)14-5/h11,14H,6-9H2,1-5H3. The fourth-order valence-corrected chi connectivity index (χ4v) is 1.52. The Morgan fingerprint density at radius 1 is 1.40 bits per heavy atom. The highest BCUT2D eigenvalue weighted by Gasteiger charge is 2.22. The number of nitriles is 1. The van der Waals surface area contributed by atoms with Crippen LogP contribution in [-0.2, 0) is 0 Å². The van der Waals surface area contributed by atoms with Crippen LogP contribution in [0.3, 0.4) is 0 Å². The Labute approximate surface area is 94.5 Å². The summed E-state index contributed by atoms with van der Waals surface area (Å²) in [6.07, 6.45) is 2.04. The summed E-state index contributed by atoms with van der Waals surface area (Å²) in [4.78, 5) is 2.42. The van der Waals surface area contributed by atoms with Gasteiger partial charge < -0.3 is 10.2 Å². The maximum atomic E-state index is 9.04. The van der Waals surface area contributed by atoms with E-state index in [4.69, 9.17) is 5.26 Å². The first-order valence-corrected chi connectivity index (χ1v) is 5.83. The van der Waals surface area contributed by atoms with E-state index in [0.29, 0.717) is 6.04 Å². The van der Waals surface area contributed by atoms with E-state index in [-0.39, 0.29) is 5.54 Å². The molecule has 0 fully saturated rings. The molecular weight excluding hydrogens is 186 g/mol. The minimum Gasteiger partial charge on any atom is -0.303 e. The lowest BCUT2D eigenvalue weighted by Gasteiger charge is -2.29.